The summed E-state index contributed by atoms with van der Waals surface area (Å²) in [5.41, 5.74) is 5.51. The van der Waals surface area contributed by atoms with Gasteiger partial charge in [-0.25, -0.2) is 13.4 Å². The second kappa shape index (κ2) is 6.54. The molecule has 0 unspecified atom stereocenters. The second-order valence-electron chi connectivity index (χ2n) is 7.55. The van der Waals surface area contributed by atoms with E-state index in [9.17, 15) is 8.42 Å². The molecule has 0 atom stereocenters. The number of hydrogen-bond acceptors (Lipinski definition) is 4. The van der Waals surface area contributed by atoms with Gasteiger partial charge in [-0.05, 0) is 77.8 Å². The van der Waals surface area contributed by atoms with Gasteiger partial charge < -0.3 is 0 Å². The van der Waals surface area contributed by atoms with Gasteiger partial charge in [0.05, 0.1) is 0 Å². The van der Waals surface area contributed by atoms with Crippen molar-refractivity contribution in [1.82, 2.24) is 4.98 Å². The third-order valence-corrected chi connectivity index (χ3v) is 7.53. The molecule has 136 valence electrons. The van der Waals surface area contributed by atoms with Crippen LogP contribution in [0.15, 0.2) is 52.5 Å². The lowest BCUT2D eigenvalue weighted by Crippen LogP contribution is -2.26. The van der Waals surface area contributed by atoms with E-state index in [-0.39, 0.29) is 5.03 Å². The van der Waals surface area contributed by atoms with E-state index >= 15 is 0 Å². The Morgan fingerprint density at radius 2 is 1.58 bits per heavy atom. The van der Waals surface area contributed by atoms with E-state index in [4.69, 9.17) is 0 Å². The van der Waals surface area contributed by atoms with Crippen LogP contribution in [0.4, 0.5) is 0 Å². The van der Waals surface area contributed by atoms with Crippen LogP contribution in [-0.4, -0.2) is 25.9 Å². The Kier molecular flexibility index (Phi) is 4.48. The normalized spacial score (nSPS) is 19.0. The van der Waals surface area contributed by atoms with Crippen molar-refractivity contribution >= 4 is 32.7 Å². The molecule has 0 saturated heterocycles. The summed E-state index contributed by atoms with van der Waals surface area (Å²) in [6.07, 6.45) is 11.1. The zero-order valence-corrected chi connectivity index (χ0v) is 16.8. The summed E-state index contributed by atoms with van der Waals surface area (Å²) in [6, 6.07) is 12.4. The van der Waals surface area contributed by atoms with Crippen LogP contribution in [0.3, 0.4) is 0 Å². The van der Waals surface area contributed by atoms with Crippen LogP contribution in [0.5, 0.6) is 0 Å². The average Bonchev–Trinajstić information content (AvgIpc) is 3.03. The highest BCUT2D eigenvalue weighted by Crippen LogP contribution is 2.59. The van der Waals surface area contributed by atoms with Crippen LogP contribution >= 0.6 is 11.8 Å². The summed E-state index contributed by atoms with van der Waals surface area (Å²) in [6.45, 7) is 0. The summed E-state index contributed by atoms with van der Waals surface area (Å²) < 4.78 is 23.4. The number of hydrogen-bond donors (Lipinski definition) is 0. The maximum atomic E-state index is 11.7. The molecule has 0 amide bonds. The van der Waals surface area contributed by atoms with Crippen molar-refractivity contribution in [2.45, 2.75) is 42.0 Å². The first kappa shape index (κ1) is 17.8. The quantitative estimate of drug-likeness (QED) is 0.689. The van der Waals surface area contributed by atoms with E-state index in [1.54, 1.807) is 24.0 Å². The third kappa shape index (κ3) is 3.23. The number of allylic oxidation sites excluding steroid dienone is 2. The monoisotopic (exact) mass is 385 g/mol. The minimum absolute atomic E-state index is 0.143. The van der Waals surface area contributed by atoms with Crippen molar-refractivity contribution < 1.29 is 8.42 Å². The lowest BCUT2D eigenvalue weighted by Gasteiger charge is -2.39. The summed E-state index contributed by atoms with van der Waals surface area (Å²) >= 11 is 1.75. The number of thioether (sulfide) groups is 1. The summed E-state index contributed by atoms with van der Waals surface area (Å²) in [4.78, 5) is 5.49. The van der Waals surface area contributed by atoms with Crippen molar-refractivity contribution in [2.24, 2.45) is 5.41 Å². The highest BCUT2D eigenvalue weighted by Gasteiger charge is 2.43. The van der Waals surface area contributed by atoms with Crippen molar-refractivity contribution in [1.29, 1.82) is 0 Å². The maximum Gasteiger partial charge on any atom is 0.192 e. The molecule has 4 rings (SSSR count). The van der Waals surface area contributed by atoms with E-state index in [0.29, 0.717) is 5.41 Å². The van der Waals surface area contributed by atoms with Gasteiger partial charge in [0.25, 0.3) is 0 Å². The van der Waals surface area contributed by atoms with Gasteiger partial charge in [0.2, 0.25) is 0 Å². The molecular formula is C21H23NO2S2. The third-order valence-electron chi connectivity index (χ3n) is 5.79. The van der Waals surface area contributed by atoms with Crippen molar-refractivity contribution in [2.75, 3.05) is 12.5 Å². The number of aromatic nitrogens is 1. The molecule has 1 saturated carbocycles. The Labute approximate surface area is 159 Å². The van der Waals surface area contributed by atoms with Gasteiger partial charge >= 0.3 is 0 Å². The molecule has 1 heterocycles. The number of nitrogens with zero attached hydrogens (tertiary/aromatic N) is 1. The highest BCUT2D eigenvalue weighted by molar-refractivity contribution is 7.98. The zero-order chi connectivity index (χ0) is 18.4. The van der Waals surface area contributed by atoms with E-state index in [0.717, 1.165) is 18.4 Å². The predicted octanol–water partition coefficient (Wildman–Crippen LogP) is 5.08. The standard InChI is InChI=1S/C21H23NO2S2/c1-25-17-7-4-15(5-8-17)18-12-21(10-3-11-21)13-19(18)16-6-9-20(22-14-16)26(2,23)24/h4-9,14H,3,10-13H2,1-2H3. The number of pyridine rings is 1. The Balaban J connectivity index is 1.75. The SMILES string of the molecule is CSc1ccc(C2=C(c3ccc(S(C)(=O)=O)nc3)CC3(CCC3)C2)cc1. The molecule has 26 heavy (non-hydrogen) atoms. The van der Waals surface area contributed by atoms with Gasteiger partial charge in [0.15, 0.2) is 14.9 Å². The molecule has 3 nitrogen and oxygen atoms in total. The molecular weight excluding hydrogens is 362 g/mol. The fraction of sp³-hybridized carbons (Fsp3) is 0.381. The first-order valence-electron chi connectivity index (χ1n) is 8.93. The Bertz CT molecular complexity index is 954. The lowest BCUT2D eigenvalue weighted by atomic mass is 9.66. The largest absolute Gasteiger partial charge is 0.244 e. The Morgan fingerprint density at radius 3 is 2.04 bits per heavy atom. The molecule has 0 N–H and O–H groups in total. The van der Waals surface area contributed by atoms with Gasteiger partial charge in [-0.3, -0.25) is 0 Å². The first-order valence-corrected chi connectivity index (χ1v) is 12.0. The molecule has 1 aromatic carbocycles. The molecule has 2 aliphatic carbocycles. The van der Waals surface area contributed by atoms with Gasteiger partial charge in [-0.2, -0.15) is 0 Å². The summed E-state index contributed by atoms with van der Waals surface area (Å²) in [5, 5.41) is 0.143. The predicted molar refractivity (Wildman–Crippen MR) is 108 cm³/mol. The summed E-state index contributed by atoms with van der Waals surface area (Å²) in [7, 11) is -3.26. The minimum Gasteiger partial charge on any atom is -0.244 e. The van der Waals surface area contributed by atoms with Crippen molar-refractivity contribution in [3.05, 3.63) is 53.7 Å². The Hall–Kier alpha value is -1.59. The van der Waals surface area contributed by atoms with E-state index in [2.05, 4.69) is 35.5 Å². The number of sulfone groups is 1. The summed E-state index contributed by atoms with van der Waals surface area (Å²) in [5.74, 6) is 0. The lowest BCUT2D eigenvalue weighted by molar-refractivity contribution is 0.157. The topological polar surface area (TPSA) is 47.0 Å². The van der Waals surface area contributed by atoms with E-state index in [1.165, 1.54) is 47.1 Å². The smallest absolute Gasteiger partial charge is 0.192 e. The van der Waals surface area contributed by atoms with Crippen LogP contribution in [0.2, 0.25) is 0 Å². The molecule has 2 aliphatic rings. The molecule has 0 bridgehead atoms. The molecule has 1 aromatic heterocycles. The maximum absolute atomic E-state index is 11.7. The van der Waals surface area contributed by atoms with Crippen LogP contribution in [-0.2, 0) is 9.84 Å². The van der Waals surface area contributed by atoms with Crippen molar-refractivity contribution in [3.8, 4) is 0 Å². The molecule has 0 radical (unpaired) electrons. The molecule has 0 aliphatic heterocycles. The second-order valence-corrected chi connectivity index (χ2v) is 10.4. The van der Waals surface area contributed by atoms with Crippen LogP contribution < -0.4 is 0 Å². The fourth-order valence-corrected chi connectivity index (χ4v) is 5.15. The molecule has 1 fully saturated rings. The highest BCUT2D eigenvalue weighted by atomic mass is 32.2. The van der Waals surface area contributed by atoms with Crippen LogP contribution in [0.1, 0.15) is 43.2 Å². The average molecular weight is 386 g/mol. The fourth-order valence-electron chi connectivity index (χ4n) is 4.18. The first-order chi connectivity index (χ1) is 12.4. The number of rotatable bonds is 4. The van der Waals surface area contributed by atoms with E-state index < -0.39 is 9.84 Å². The Morgan fingerprint density at radius 1 is 0.962 bits per heavy atom. The molecule has 1 spiro atoms. The van der Waals surface area contributed by atoms with E-state index in [1.807, 2.05) is 6.07 Å². The molecule has 2 aromatic rings. The number of benzene rings is 1. The minimum atomic E-state index is -3.26. The van der Waals surface area contributed by atoms with Gasteiger partial charge in [0.1, 0.15) is 0 Å². The zero-order valence-electron chi connectivity index (χ0n) is 15.2. The van der Waals surface area contributed by atoms with Crippen LogP contribution in [0, 0.1) is 5.41 Å². The van der Waals surface area contributed by atoms with Crippen LogP contribution in [0.25, 0.3) is 11.1 Å². The van der Waals surface area contributed by atoms with Gasteiger partial charge in [0, 0.05) is 17.3 Å². The molecule has 5 heteroatoms. The van der Waals surface area contributed by atoms with Crippen molar-refractivity contribution in [3.63, 3.8) is 0 Å². The van der Waals surface area contributed by atoms with Gasteiger partial charge in [-0.1, -0.05) is 24.6 Å². The van der Waals surface area contributed by atoms with Gasteiger partial charge in [-0.15, -0.1) is 11.8 Å².